The van der Waals surface area contributed by atoms with Gasteiger partial charge < -0.3 is 15.1 Å². The Labute approximate surface area is 180 Å². The zero-order valence-corrected chi connectivity index (χ0v) is 17.9. The zero-order valence-electron chi connectivity index (χ0n) is 17.1. The van der Waals surface area contributed by atoms with E-state index >= 15 is 0 Å². The maximum atomic E-state index is 12.6. The monoisotopic (exact) mass is 421 g/mol. The lowest BCUT2D eigenvalue weighted by molar-refractivity contribution is 0.186. The number of piperazine rings is 1. The molecule has 30 heavy (non-hydrogen) atoms. The van der Waals surface area contributed by atoms with Gasteiger partial charge in [-0.25, -0.2) is 14.8 Å². The Morgan fingerprint density at radius 1 is 0.933 bits per heavy atom. The van der Waals surface area contributed by atoms with Crippen molar-refractivity contribution < 1.29 is 4.79 Å². The Hall–Kier alpha value is -2.67. The summed E-state index contributed by atoms with van der Waals surface area (Å²) in [5.41, 5.74) is 2.81. The predicted molar refractivity (Wildman–Crippen MR) is 122 cm³/mol. The van der Waals surface area contributed by atoms with Gasteiger partial charge in [-0.15, -0.1) is 11.3 Å². The molecule has 5 rings (SSSR count). The van der Waals surface area contributed by atoms with Crippen molar-refractivity contribution in [2.24, 2.45) is 0 Å². The first-order valence-corrected chi connectivity index (χ1v) is 11.8. The van der Waals surface area contributed by atoms with Crippen LogP contribution in [0, 0.1) is 0 Å². The molecule has 2 aliphatic rings. The number of thiazole rings is 1. The summed E-state index contributed by atoms with van der Waals surface area (Å²) in [6, 6.07) is 12.7. The smallest absolute Gasteiger partial charge is 0.317 e. The number of rotatable bonds is 3. The molecule has 3 heterocycles. The van der Waals surface area contributed by atoms with Crippen LogP contribution in [-0.4, -0.2) is 53.1 Å². The molecule has 1 aliphatic heterocycles. The highest BCUT2D eigenvalue weighted by atomic mass is 32.1. The van der Waals surface area contributed by atoms with Crippen LogP contribution < -0.4 is 10.2 Å². The number of para-hydroxylation sites is 1. The normalized spacial score (nSPS) is 18.0. The number of anilines is 1. The topological polar surface area (TPSA) is 61.4 Å². The molecular weight excluding hydrogens is 394 g/mol. The average molecular weight is 422 g/mol. The molecule has 0 spiro atoms. The third kappa shape index (κ3) is 4.12. The van der Waals surface area contributed by atoms with E-state index in [1.165, 1.54) is 19.3 Å². The Morgan fingerprint density at radius 2 is 1.73 bits per heavy atom. The van der Waals surface area contributed by atoms with Crippen molar-refractivity contribution in [1.82, 2.24) is 20.2 Å². The first-order chi connectivity index (χ1) is 14.8. The molecule has 3 aromatic rings. The summed E-state index contributed by atoms with van der Waals surface area (Å²) in [7, 11) is 0. The minimum atomic E-state index is 0.0988. The van der Waals surface area contributed by atoms with Gasteiger partial charge in [0.1, 0.15) is 5.69 Å². The second kappa shape index (κ2) is 8.60. The molecule has 6 nitrogen and oxygen atoms in total. The van der Waals surface area contributed by atoms with E-state index in [0.29, 0.717) is 6.04 Å². The standard InChI is InChI=1S/C23H27N5OS/c29-22(24-18-7-2-1-3-8-18)27-12-14-28(15-13-27)23-26-21(16-30-23)20-11-10-17-6-4-5-9-19(17)25-20/h4-6,9-11,16,18H,1-3,7-8,12-15H2,(H,24,29). The Kier molecular flexibility index (Phi) is 5.53. The molecule has 7 heteroatoms. The number of pyridine rings is 1. The maximum Gasteiger partial charge on any atom is 0.317 e. The molecular formula is C23H27N5OS. The lowest BCUT2D eigenvalue weighted by Crippen LogP contribution is -2.53. The Morgan fingerprint density at radius 3 is 2.57 bits per heavy atom. The molecule has 0 unspecified atom stereocenters. The fourth-order valence-electron chi connectivity index (χ4n) is 4.35. The molecule has 2 amide bonds. The SMILES string of the molecule is O=C(NC1CCCCC1)N1CCN(c2nc(-c3ccc4ccccc4n3)cs2)CC1. The molecule has 1 aliphatic carbocycles. The maximum absolute atomic E-state index is 12.6. The third-order valence-corrected chi connectivity index (χ3v) is 7.02. The molecule has 1 N–H and O–H groups in total. The van der Waals surface area contributed by atoms with E-state index in [2.05, 4.69) is 27.7 Å². The van der Waals surface area contributed by atoms with Crippen LogP contribution in [0.25, 0.3) is 22.3 Å². The van der Waals surface area contributed by atoms with Crippen LogP contribution in [0.1, 0.15) is 32.1 Å². The predicted octanol–water partition coefficient (Wildman–Crippen LogP) is 4.52. The third-order valence-electron chi connectivity index (χ3n) is 6.12. The molecule has 1 saturated heterocycles. The van der Waals surface area contributed by atoms with Gasteiger partial charge in [0.2, 0.25) is 0 Å². The van der Waals surface area contributed by atoms with Gasteiger partial charge in [0.25, 0.3) is 0 Å². The van der Waals surface area contributed by atoms with Crippen molar-refractivity contribution in [3.63, 3.8) is 0 Å². The van der Waals surface area contributed by atoms with Gasteiger partial charge in [0.05, 0.1) is 11.2 Å². The van der Waals surface area contributed by atoms with Crippen LogP contribution in [0.2, 0.25) is 0 Å². The minimum Gasteiger partial charge on any atom is -0.345 e. The number of carbonyl (C=O) groups excluding carboxylic acids is 1. The first-order valence-electron chi connectivity index (χ1n) is 10.9. The molecule has 0 radical (unpaired) electrons. The highest BCUT2D eigenvalue weighted by molar-refractivity contribution is 7.14. The second-order valence-corrected chi connectivity index (χ2v) is 9.00. The van der Waals surface area contributed by atoms with Crippen molar-refractivity contribution in [1.29, 1.82) is 0 Å². The first kappa shape index (κ1) is 19.3. The number of aromatic nitrogens is 2. The van der Waals surface area contributed by atoms with Crippen LogP contribution in [-0.2, 0) is 0 Å². The van der Waals surface area contributed by atoms with Gasteiger partial charge in [-0.3, -0.25) is 0 Å². The van der Waals surface area contributed by atoms with Crippen molar-refractivity contribution >= 4 is 33.4 Å². The van der Waals surface area contributed by atoms with Gasteiger partial charge >= 0.3 is 6.03 Å². The van der Waals surface area contributed by atoms with Gasteiger partial charge in [-0.1, -0.05) is 43.5 Å². The summed E-state index contributed by atoms with van der Waals surface area (Å²) in [5, 5.41) is 7.45. The molecule has 156 valence electrons. The van der Waals surface area contributed by atoms with Crippen LogP contribution in [0.15, 0.2) is 41.8 Å². The van der Waals surface area contributed by atoms with Crippen molar-refractivity contribution in [2.75, 3.05) is 31.1 Å². The molecule has 2 fully saturated rings. The van der Waals surface area contributed by atoms with E-state index < -0.39 is 0 Å². The quantitative estimate of drug-likeness (QED) is 0.675. The Bertz CT molecular complexity index is 1020. The number of amides is 2. The van der Waals surface area contributed by atoms with E-state index in [4.69, 9.17) is 9.97 Å². The number of benzene rings is 1. The number of nitrogens with zero attached hydrogens (tertiary/aromatic N) is 4. The summed E-state index contributed by atoms with van der Waals surface area (Å²) in [5.74, 6) is 0. The summed E-state index contributed by atoms with van der Waals surface area (Å²) in [4.78, 5) is 26.4. The number of carbonyl (C=O) groups is 1. The van der Waals surface area contributed by atoms with Crippen LogP contribution in [0.4, 0.5) is 9.93 Å². The summed E-state index contributed by atoms with van der Waals surface area (Å²) in [6.45, 7) is 3.11. The van der Waals surface area contributed by atoms with Crippen LogP contribution in [0.5, 0.6) is 0 Å². The molecule has 1 saturated carbocycles. The number of urea groups is 1. The number of fused-ring (bicyclic) bond motifs is 1. The molecule has 0 atom stereocenters. The van der Waals surface area contributed by atoms with Gasteiger partial charge in [-0.2, -0.15) is 0 Å². The van der Waals surface area contributed by atoms with Crippen LogP contribution in [0.3, 0.4) is 0 Å². The summed E-state index contributed by atoms with van der Waals surface area (Å²) in [6.07, 6.45) is 6.01. The fourth-order valence-corrected chi connectivity index (χ4v) is 5.22. The number of nitrogens with one attached hydrogen (secondary N) is 1. The van der Waals surface area contributed by atoms with E-state index in [-0.39, 0.29) is 6.03 Å². The van der Waals surface area contributed by atoms with Gasteiger partial charge in [0, 0.05) is 43.0 Å². The largest absolute Gasteiger partial charge is 0.345 e. The molecule has 2 aromatic heterocycles. The van der Waals surface area contributed by atoms with Crippen molar-refractivity contribution in [3.05, 3.63) is 41.8 Å². The minimum absolute atomic E-state index is 0.0988. The fraction of sp³-hybridized carbons (Fsp3) is 0.435. The van der Waals surface area contributed by atoms with Gasteiger partial charge in [0.15, 0.2) is 5.13 Å². The van der Waals surface area contributed by atoms with Gasteiger partial charge in [-0.05, 0) is 25.0 Å². The van der Waals surface area contributed by atoms with E-state index in [1.54, 1.807) is 11.3 Å². The number of hydrogen-bond donors (Lipinski definition) is 1. The van der Waals surface area contributed by atoms with E-state index in [9.17, 15) is 4.79 Å². The summed E-state index contributed by atoms with van der Waals surface area (Å²) < 4.78 is 0. The van der Waals surface area contributed by atoms with E-state index in [1.807, 2.05) is 29.2 Å². The van der Waals surface area contributed by atoms with E-state index in [0.717, 1.165) is 66.4 Å². The van der Waals surface area contributed by atoms with Crippen LogP contribution >= 0.6 is 11.3 Å². The van der Waals surface area contributed by atoms with Crippen molar-refractivity contribution in [2.45, 2.75) is 38.1 Å². The highest BCUT2D eigenvalue weighted by Crippen LogP contribution is 2.28. The lowest BCUT2D eigenvalue weighted by atomic mass is 9.96. The zero-order chi connectivity index (χ0) is 20.3. The average Bonchev–Trinajstić information content (AvgIpc) is 3.30. The lowest BCUT2D eigenvalue weighted by Gasteiger charge is -2.35. The van der Waals surface area contributed by atoms with Crippen molar-refractivity contribution in [3.8, 4) is 11.4 Å². The Balaban J connectivity index is 1.20. The second-order valence-electron chi connectivity index (χ2n) is 8.16. The molecule has 1 aromatic carbocycles. The number of hydrogen-bond acceptors (Lipinski definition) is 5. The highest BCUT2D eigenvalue weighted by Gasteiger charge is 2.25. The molecule has 0 bridgehead atoms. The summed E-state index contributed by atoms with van der Waals surface area (Å²) >= 11 is 1.65.